The molecule has 0 aliphatic rings. The van der Waals surface area contributed by atoms with Gasteiger partial charge in [-0.2, -0.15) is 14.9 Å². The molecule has 2 N–H and O–H groups in total. The zero-order valence-electron chi connectivity index (χ0n) is 9.89. The number of H-pyrrole nitrogens is 1. The van der Waals surface area contributed by atoms with Crippen molar-refractivity contribution in [2.45, 2.75) is 13.3 Å². The summed E-state index contributed by atoms with van der Waals surface area (Å²) in [6, 6.07) is 3.53. The number of nitrogens with zero attached hydrogens (tertiary/aromatic N) is 3. The van der Waals surface area contributed by atoms with Crippen molar-refractivity contribution in [2.75, 3.05) is 0 Å². The predicted octanol–water partition coefficient (Wildman–Crippen LogP) is 3.62. The number of aryl methyl sites for hydroxylation is 1. The van der Waals surface area contributed by atoms with Crippen LogP contribution >= 0.6 is 44.1 Å². The third kappa shape index (κ3) is 3.13. The molecule has 1 aromatic carbocycles. The van der Waals surface area contributed by atoms with Crippen molar-refractivity contribution in [1.29, 1.82) is 0 Å². The SMILES string of the molecule is CCc1n[nH]c(=S)n1N=Cc1cc(Br)c(O)c(Br)c1. The lowest BCUT2D eigenvalue weighted by Crippen LogP contribution is -1.97. The summed E-state index contributed by atoms with van der Waals surface area (Å²) in [6.07, 6.45) is 2.38. The minimum Gasteiger partial charge on any atom is -0.506 e. The lowest BCUT2D eigenvalue weighted by Gasteiger charge is -2.02. The van der Waals surface area contributed by atoms with Crippen LogP contribution in [0.5, 0.6) is 5.75 Å². The largest absolute Gasteiger partial charge is 0.506 e. The molecule has 19 heavy (non-hydrogen) atoms. The summed E-state index contributed by atoms with van der Waals surface area (Å²) in [6.45, 7) is 1.98. The smallest absolute Gasteiger partial charge is 0.216 e. The number of phenolic OH excluding ortho intramolecular Hbond substituents is 1. The molecule has 100 valence electrons. The van der Waals surface area contributed by atoms with E-state index in [1.165, 1.54) is 0 Å². The van der Waals surface area contributed by atoms with E-state index in [2.05, 4.69) is 47.2 Å². The molecule has 0 saturated carbocycles. The van der Waals surface area contributed by atoms with Crippen LogP contribution in [0.15, 0.2) is 26.2 Å². The van der Waals surface area contributed by atoms with E-state index in [1.54, 1.807) is 23.0 Å². The van der Waals surface area contributed by atoms with E-state index in [0.717, 1.165) is 17.8 Å². The Balaban J connectivity index is 2.38. The highest BCUT2D eigenvalue weighted by Gasteiger charge is 2.05. The molecule has 0 radical (unpaired) electrons. The Morgan fingerprint density at radius 1 is 1.47 bits per heavy atom. The highest BCUT2D eigenvalue weighted by molar-refractivity contribution is 9.11. The van der Waals surface area contributed by atoms with Crippen molar-refractivity contribution in [2.24, 2.45) is 5.10 Å². The average molecular weight is 406 g/mol. The zero-order chi connectivity index (χ0) is 14.0. The Hall–Kier alpha value is -0.990. The van der Waals surface area contributed by atoms with E-state index in [0.29, 0.717) is 13.7 Å². The molecular formula is C11H10Br2N4OS. The molecule has 2 aromatic rings. The van der Waals surface area contributed by atoms with Gasteiger partial charge in [0.15, 0.2) is 5.82 Å². The topological polar surface area (TPSA) is 66.2 Å². The molecule has 0 spiro atoms. The summed E-state index contributed by atoms with van der Waals surface area (Å²) < 4.78 is 3.21. The zero-order valence-corrected chi connectivity index (χ0v) is 13.9. The Kier molecular flexibility index (Phi) is 4.54. The van der Waals surface area contributed by atoms with Gasteiger partial charge >= 0.3 is 0 Å². The third-order valence-electron chi connectivity index (χ3n) is 2.40. The Morgan fingerprint density at radius 3 is 2.68 bits per heavy atom. The summed E-state index contributed by atoms with van der Waals surface area (Å²) in [5.41, 5.74) is 0.821. The molecule has 0 saturated heterocycles. The van der Waals surface area contributed by atoms with Gasteiger partial charge in [-0.3, -0.25) is 5.10 Å². The second-order valence-corrected chi connectivity index (χ2v) is 5.78. The fourth-order valence-corrected chi connectivity index (χ4v) is 2.88. The highest BCUT2D eigenvalue weighted by Crippen LogP contribution is 2.32. The fraction of sp³-hybridized carbons (Fsp3) is 0.182. The number of rotatable bonds is 3. The predicted molar refractivity (Wildman–Crippen MR) is 83.3 cm³/mol. The molecule has 0 unspecified atom stereocenters. The molecule has 2 rings (SSSR count). The molecule has 0 aliphatic carbocycles. The number of aromatic amines is 1. The average Bonchev–Trinajstić information content (AvgIpc) is 2.74. The molecule has 1 aromatic heterocycles. The Morgan fingerprint density at radius 2 is 2.11 bits per heavy atom. The van der Waals surface area contributed by atoms with Crippen LogP contribution in [0.4, 0.5) is 0 Å². The van der Waals surface area contributed by atoms with Gasteiger partial charge in [0.25, 0.3) is 0 Å². The summed E-state index contributed by atoms with van der Waals surface area (Å²) in [7, 11) is 0. The Bertz CT molecular complexity index is 669. The monoisotopic (exact) mass is 404 g/mol. The van der Waals surface area contributed by atoms with Gasteiger partial charge in [0.2, 0.25) is 4.77 Å². The maximum absolute atomic E-state index is 9.63. The van der Waals surface area contributed by atoms with Crippen LogP contribution in [-0.4, -0.2) is 26.2 Å². The summed E-state index contributed by atoms with van der Waals surface area (Å²) in [5, 5.41) is 20.7. The van der Waals surface area contributed by atoms with E-state index in [1.807, 2.05) is 6.92 Å². The van der Waals surface area contributed by atoms with Gasteiger partial charge in [-0.15, -0.1) is 0 Å². The van der Waals surface area contributed by atoms with Crippen LogP contribution in [0.25, 0.3) is 0 Å². The first-order valence-corrected chi connectivity index (χ1v) is 7.41. The lowest BCUT2D eigenvalue weighted by molar-refractivity contribution is 0.468. The van der Waals surface area contributed by atoms with E-state index in [-0.39, 0.29) is 5.75 Å². The summed E-state index contributed by atoms with van der Waals surface area (Å²) in [4.78, 5) is 0. The molecular weight excluding hydrogens is 396 g/mol. The highest BCUT2D eigenvalue weighted by atomic mass is 79.9. The number of nitrogens with one attached hydrogen (secondary N) is 1. The van der Waals surface area contributed by atoms with Gasteiger partial charge in [-0.1, -0.05) is 6.92 Å². The first-order chi connectivity index (χ1) is 9.02. The third-order valence-corrected chi connectivity index (χ3v) is 3.87. The Labute approximate surface area is 131 Å². The van der Waals surface area contributed by atoms with Gasteiger partial charge in [-0.05, 0) is 61.8 Å². The van der Waals surface area contributed by atoms with Crippen LogP contribution in [-0.2, 0) is 6.42 Å². The van der Waals surface area contributed by atoms with Crippen LogP contribution in [0, 0.1) is 4.77 Å². The van der Waals surface area contributed by atoms with Gasteiger partial charge < -0.3 is 5.11 Å². The van der Waals surface area contributed by atoms with Crippen LogP contribution in [0.3, 0.4) is 0 Å². The maximum atomic E-state index is 9.63. The number of benzene rings is 1. The molecule has 1 heterocycles. The van der Waals surface area contributed by atoms with E-state index in [4.69, 9.17) is 12.2 Å². The fourth-order valence-electron chi connectivity index (χ4n) is 1.46. The lowest BCUT2D eigenvalue weighted by atomic mass is 10.2. The van der Waals surface area contributed by atoms with Crippen LogP contribution in [0.1, 0.15) is 18.3 Å². The number of phenols is 1. The molecule has 0 aliphatic heterocycles. The van der Waals surface area contributed by atoms with Crippen molar-refractivity contribution in [3.8, 4) is 5.75 Å². The van der Waals surface area contributed by atoms with Crippen molar-refractivity contribution in [3.05, 3.63) is 37.2 Å². The standard InChI is InChI=1S/C11H10Br2N4OS/c1-2-9-15-16-11(19)17(9)14-5-6-3-7(12)10(18)8(13)4-6/h3-5,18H,2H2,1H3,(H,16,19). The quantitative estimate of drug-likeness (QED) is 0.605. The first-order valence-electron chi connectivity index (χ1n) is 5.41. The van der Waals surface area contributed by atoms with Crippen LogP contribution in [0.2, 0.25) is 0 Å². The van der Waals surface area contributed by atoms with E-state index < -0.39 is 0 Å². The van der Waals surface area contributed by atoms with E-state index >= 15 is 0 Å². The van der Waals surface area contributed by atoms with Crippen molar-refractivity contribution >= 4 is 50.3 Å². The van der Waals surface area contributed by atoms with Crippen molar-refractivity contribution < 1.29 is 5.11 Å². The molecule has 8 heteroatoms. The maximum Gasteiger partial charge on any atom is 0.216 e. The molecule has 5 nitrogen and oxygen atoms in total. The summed E-state index contributed by atoms with van der Waals surface area (Å²) >= 11 is 11.6. The normalized spacial score (nSPS) is 11.3. The van der Waals surface area contributed by atoms with Gasteiger partial charge in [-0.25, -0.2) is 0 Å². The number of hydrogen-bond acceptors (Lipinski definition) is 4. The summed E-state index contributed by atoms with van der Waals surface area (Å²) in [5.74, 6) is 0.921. The van der Waals surface area contributed by atoms with Gasteiger partial charge in [0, 0.05) is 6.42 Å². The van der Waals surface area contributed by atoms with Crippen molar-refractivity contribution in [3.63, 3.8) is 0 Å². The number of aromatic hydroxyl groups is 1. The van der Waals surface area contributed by atoms with Gasteiger partial charge in [0.05, 0.1) is 15.2 Å². The number of halogens is 2. The molecule has 0 atom stereocenters. The number of hydrogen-bond donors (Lipinski definition) is 2. The molecule has 0 amide bonds. The second-order valence-electron chi connectivity index (χ2n) is 3.69. The minimum absolute atomic E-state index is 0.159. The molecule has 0 fully saturated rings. The second kappa shape index (κ2) is 5.98. The van der Waals surface area contributed by atoms with Crippen molar-refractivity contribution in [1.82, 2.24) is 14.9 Å². The number of aromatic nitrogens is 3. The molecule has 0 bridgehead atoms. The van der Waals surface area contributed by atoms with Crippen LogP contribution < -0.4 is 0 Å². The van der Waals surface area contributed by atoms with E-state index in [9.17, 15) is 5.11 Å². The van der Waals surface area contributed by atoms with Gasteiger partial charge in [0.1, 0.15) is 5.75 Å². The minimum atomic E-state index is 0.159. The first kappa shape index (κ1) is 14.4.